The first kappa shape index (κ1) is 28.5. The average Bonchev–Trinajstić information content (AvgIpc) is 2.93. The Balaban J connectivity index is 1.66. The first-order chi connectivity index (χ1) is 19.0. The Bertz CT molecular complexity index is 1460. The number of non-ortho nitro benzene ring substituents is 2. The SMILES string of the molecule is CC(c1ccc(Cl)cc1)c1cc([N+](=O)[O-])ccc1OC(=O)Oc1ccc([N+](=O)[O-])cc1C(C)c1ccc(Cl)cc1. The van der Waals surface area contributed by atoms with Crippen molar-refractivity contribution in [2.45, 2.75) is 25.7 Å². The lowest BCUT2D eigenvalue weighted by atomic mass is 9.92. The second-order valence-corrected chi connectivity index (χ2v) is 9.83. The van der Waals surface area contributed by atoms with Gasteiger partial charge in [0.1, 0.15) is 11.5 Å². The molecule has 0 radical (unpaired) electrons. The fourth-order valence-corrected chi connectivity index (χ4v) is 4.48. The molecule has 40 heavy (non-hydrogen) atoms. The van der Waals surface area contributed by atoms with Crippen molar-refractivity contribution in [3.63, 3.8) is 0 Å². The Labute approximate surface area is 239 Å². The Hall–Kier alpha value is -4.47. The first-order valence-electron chi connectivity index (χ1n) is 12.0. The van der Waals surface area contributed by atoms with Gasteiger partial charge in [-0.3, -0.25) is 20.2 Å². The van der Waals surface area contributed by atoms with Crippen molar-refractivity contribution < 1.29 is 24.1 Å². The fraction of sp³-hybridized carbons (Fsp3) is 0.138. The minimum atomic E-state index is -1.11. The number of carbonyl (C=O) groups is 1. The van der Waals surface area contributed by atoms with Gasteiger partial charge in [-0.15, -0.1) is 0 Å². The van der Waals surface area contributed by atoms with E-state index in [0.717, 1.165) is 11.1 Å². The highest BCUT2D eigenvalue weighted by molar-refractivity contribution is 6.30. The molecule has 0 heterocycles. The summed E-state index contributed by atoms with van der Waals surface area (Å²) in [7, 11) is 0. The van der Waals surface area contributed by atoms with E-state index >= 15 is 0 Å². The summed E-state index contributed by atoms with van der Waals surface area (Å²) in [5.41, 5.74) is 1.99. The summed E-state index contributed by atoms with van der Waals surface area (Å²) in [4.78, 5) is 34.8. The largest absolute Gasteiger partial charge is 0.519 e. The predicted octanol–water partition coefficient (Wildman–Crippen LogP) is 8.69. The molecule has 9 nitrogen and oxygen atoms in total. The zero-order valence-electron chi connectivity index (χ0n) is 21.2. The smallest absolute Gasteiger partial charge is 0.394 e. The third-order valence-corrected chi connectivity index (χ3v) is 6.97. The highest BCUT2D eigenvalue weighted by Crippen LogP contribution is 2.37. The highest BCUT2D eigenvalue weighted by Gasteiger charge is 2.24. The molecule has 0 amide bonds. The molecule has 2 unspecified atom stereocenters. The topological polar surface area (TPSA) is 122 Å². The van der Waals surface area contributed by atoms with Crippen molar-refractivity contribution in [1.82, 2.24) is 0 Å². The number of halogens is 2. The van der Waals surface area contributed by atoms with Gasteiger partial charge in [0.05, 0.1) is 9.85 Å². The molecule has 0 aliphatic rings. The molecular weight excluding hydrogens is 559 g/mol. The quantitative estimate of drug-likeness (QED) is 0.0883. The lowest BCUT2D eigenvalue weighted by molar-refractivity contribution is -0.385. The lowest BCUT2D eigenvalue weighted by Crippen LogP contribution is -2.17. The molecule has 4 rings (SSSR count). The zero-order valence-corrected chi connectivity index (χ0v) is 22.8. The monoisotopic (exact) mass is 580 g/mol. The van der Waals surface area contributed by atoms with Crippen LogP contribution in [-0.4, -0.2) is 16.0 Å². The van der Waals surface area contributed by atoms with Gasteiger partial charge in [0, 0.05) is 57.3 Å². The lowest BCUT2D eigenvalue weighted by Gasteiger charge is -2.18. The molecule has 0 aromatic heterocycles. The molecule has 204 valence electrons. The minimum Gasteiger partial charge on any atom is -0.394 e. The van der Waals surface area contributed by atoms with Crippen molar-refractivity contribution >= 4 is 40.7 Å². The second-order valence-electron chi connectivity index (χ2n) is 8.96. The summed E-state index contributed by atoms with van der Waals surface area (Å²) in [6.07, 6.45) is -1.11. The Morgan fingerprint density at radius 1 is 0.650 bits per heavy atom. The summed E-state index contributed by atoms with van der Waals surface area (Å²) in [5.74, 6) is -0.681. The van der Waals surface area contributed by atoms with E-state index in [0.29, 0.717) is 21.2 Å². The van der Waals surface area contributed by atoms with Crippen LogP contribution >= 0.6 is 23.2 Å². The number of nitro benzene ring substituents is 2. The van der Waals surface area contributed by atoms with Crippen LogP contribution in [0.4, 0.5) is 16.2 Å². The van der Waals surface area contributed by atoms with E-state index in [1.54, 1.807) is 48.5 Å². The van der Waals surface area contributed by atoms with Gasteiger partial charge in [-0.05, 0) is 47.5 Å². The van der Waals surface area contributed by atoms with Gasteiger partial charge >= 0.3 is 6.16 Å². The van der Waals surface area contributed by atoms with E-state index in [9.17, 15) is 25.0 Å². The maximum atomic E-state index is 13.0. The van der Waals surface area contributed by atoms with Crippen LogP contribution in [0.1, 0.15) is 47.9 Å². The molecule has 0 aliphatic heterocycles. The van der Waals surface area contributed by atoms with Crippen LogP contribution in [0.25, 0.3) is 0 Å². The number of hydrogen-bond donors (Lipinski definition) is 0. The van der Waals surface area contributed by atoms with E-state index in [1.807, 2.05) is 13.8 Å². The molecule has 4 aromatic carbocycles. The average molecular weight is 581 g/mol. The van der Waals surface area contributed by atoms with Crippen LogP contribution in [0.5, 0.6) is 11.5 Å². The zero-order chi connectivity index (χ0) is 29.0. The summed E-state index contributed by atoms with van der Waals surface area (Å²) >= 11 is 12.0. The van der Waals surface area contributed by atoms with Gasteiger partial charge in [-0.1, -0.05) is 61.3 Å². The normalized spacial score (nSPS) is 12.3. The Kier molecular flexibility index (Phi) is 8.67. The number of hydrogen-bond acceptors (Lipinski definition) is 7. The van der Waals surface area contributed by atoms with E-state index < -0.39 is 27.8 Å². The second kappa shape index (κ2) is 12.1. The number of nitrogens with zero attached hydrogens (tertiary/aromatic N) is 2. The molecule has 0 N–H and O–H groups in total. The third kappa shape index (κ3) is 6.56. The number of ether oxygens (including phenoxy) is 2. The predicted molar refractivity (Wildman–Crippen MR) is 151 cm³/mol. The standard InChI is InChI=1S/C29H22Cl2N2O7/c1-17(19-3-7-21(30)8-4-19)25-15-23(32(35)36)11-13-27(25)39-29(34)40-28-14-12-24(33(37)38)16-26(28)18(2)20-5-9-22(31)10-6-20/h3-18H,1-2H3. The van der Waals surface area contributed by atoms with Crippen molar-refractivity contribution in [3.8, 4) is 11.5 Å². The maximum absolute atomic E-state index is 13.0. The summed E-state index contributed by atoms with van der Waals surface area (Å²) < 4.78 is 11.0. The Morgan fingerprint density at radius 3 is 1.32 bits per heavy atom. The summed E-state index contributed by atoms with van der Waals surface area (Å²) in [5, 5.41) is 23.9. The molecule has 0 spiro atoms. The van der Waals surface area contributed by atoms with Crippen molar-refractivity contribution in [2.24, 2.45) is 0 Å². The molecule has 0 fully saturated rings. The van der Waals surface area contributed by atoms with Crippen LogP contribution in [0.3, 0.4) is 0 Å². The number of rotatable bonds is 8. The van der Waals surface area contributed by atoms with Gasteiger partial charge in [0.25, 0.3) is 11.4 Å². The molecule has 4 aromatic rings. The summed E-state index contributed by atoms with van der Waals surface area (Å²) in [6, 6.07) is 21.6. The van der Waals surface area contributed by atoms with Gasteiger partial charge < -0.3 is 9.47 Å². The first-order valence-corrected chi connectivity index (χ1v) is 12.8. The molecule has 0 saturated carbocycles. The molecule has 11 heteroatoms. The van der Waals surface area contributed by atoms with Crippen molar-refractivity contribution in [1.29, 1.82) is 0 Å². The van der Waals surface area contributed by atoms with Gasteiger partial charge in [-0.2, -0.15) is 0 Å². The van der Waals surface area contributed by atoms with Crippen LogP contribution in [-0.2, 0) is 0 Å². The van der Waals surface area contributed by atoms with E-state index in [-0.39, 0.29) is 22.9 Å². The fourth-order valence-electron chi connectivity index (χ4n) is 4.22. The minimum absolute atomic E-state index is 0.0623. The van der Waals surface area contributed by atoms with Crippen LogP contribution in [0.2, 0.25) is 10.0 Å². The molecule has 0 saturated heterocycles. The van der Waals surface area contributed by atoms with Crippen LogP contribution in [0, 0.1) is 20.2 Å². The van der Waals surface area contributed by atoms with E-state index in [2.05, 4.69) is 0 Å². The van der Waals surface area contributed by atoms with Crippen LogP contribution < -0.4 is 9.47 Å². The van der Waals surface area contributed by atoms with Gasteiger partial charge in [-0.25, -0.2) is 4.79 Å². The highest BCUT2D eigenvalue weighted by atomic mass is 35.5. The maximum Gasteiger partial charge on any atom is 0.519 e. The van der Waals surface area contributed by atoms with Gasteiger partial charge in [0.15, 0.2) is 0 Å². The van der Waals surface area contributed by atoms with E-state index in [4.69, 9.17) is 32.7 Å². The summed E-state index contributed by atoms with van der Waals surface area (Å²) in [6.45, 7) is 3.62. The molecule has 0 bridgehead atoms. The van der Waals surface area contributed by atoms with E-state index in [1.165, 1.54) is 36.4 Å². The number of benzene rings is 4. The molecule has 2 atom stereocenters. The number of carbonyl (C=O) groups excluding carboxylic acids is 1. The third-order valence-electron chi connectivity index (χ3n) is 6.47. The number of nitro groups is 2. The molecular formula is C29H22Cl2N2O7. The molecule has 0 aliphatic carbocycles. The van der Waals surface area contributed by atoms with Crippen molar-refractivity contribution in [3.05, 3.63) is 137 Å². The van der Waals surface area contributed by atoms with Gasteiger partial charge in [0.2, 0.25) is 0 Å². The van der Waals surface area contributed by atoms with Crippen LogP contribution in [0.15, 0.2) is 84.9 Å². The Morgan fingerprint density at radius 2 is 1.00 bits per heavy atom. The van der Waals surface area contributed by atoms with Crippen molar-refractivity contribution in [2.75, 3.05) is 0 Å².